The number of rotatable bonds is 11. The summed E-state index contributed by atoms with van der Waals surface area (Å²) in [6.45, 7) is 1.52. The zero-order valence-corrected chi connectivity index (χ0v) is 23.8. The first-order valence-electron chi connectivity index (χ1n) is 14.1. The summed E-state index contributed by atoms with van der Waals surface area (Å²) in [5.41, 5.74) is 2.24. The zero-order chi connectivity index (χ0) is 29.6. The highest BCUT2D eigenvalue weighted by atomic mass is 35.5. The number of nitrogens with zero attached hydrogens (tertiary/aromatic N) is 1. The van der Waals surface area contributed by atoms with Crippen molar-refractivity contribution in [2.75, 3.05) is 13.1 Å². The van der Waals surface area contributed by atoms with Gasteiger partial charge in [0.05, 0.1) is 30.8 Å². The van der Waals surface area contributed by atoms with E-state index in [0.29, 0.717) is 36.7 Å². The fourth-order valence-corrected chi connectivity index (χ4v) is 5.77. The maximum Gasteiger partial charge on any atom is 0.225 e. The van der Waals surface area contributed by atoms with Crippen LogP contribution in [0.3, 0.4) is 0 Å². The van der Waals surface area contributed by atoms with Crippen molar-refractivity contribution in [1.29, 1.82) is 0 Å². The number of halogens is 3. The lowest BCUT2D eigenvalue weighted by Gasteiger charge is -2.29. The second kappa shape index (κ2) is 13.7. The molecule has 3 aromatic carbocycles. The molecule has 2 amide bonds. The molecule has 5 rings (SSSR count). The molecule has 0 spiro atoms. The van der Waals surface area contributed by atoms with Crippen molar-refractivity contribution >= 4 is 23.4 Å². The highest BCUT2D eigenvalue weighted by Gasteiger charge is 2.39. The lowest BCUT2D eigenvalue weighted by molar-refractivity contribution is -0.129. The molecule has 0 bridgehead atoms. The van der Waals surface area contributed by atoms with Crippen LogP contribution in [0.5, 0.6) is 0 Å². The number of likely N-dealkylation sites (tertiary alicyclic amines) is 1. The summed E-state index contributed by atoms with van der Waals surface area (Å²) in [7, 11) is 0. The molecule has 2 saturated heterocycles. The molecule has 3 aromatic rings. The number of carbonyl (C=O) groups is 2. The van der Waals surface area contributed by atoms with Crippen LogP contribution in [0.2, 0.25) is 5.02 Å². The van der Waals surface area contributed by atoms with Gasteiger partial charge < -0.3 is 25.4 Å². The molecule has 2 fully saturated rings. The summed E-state index contributed by atoms with van der Waals surface area (Å²) >= 11 is 5.96. The molecule has 42 heavy (non-hydrogen) atoms. The van der Waals surface area contributed by atoms with E-state index in [9.17, 15) is 23.5 Å². The van der Waals surface area contributed by atoms with E-state index >= 15 is 0 Å². The molecule has 0 unspecified atom stereocenters. The van der Waals surface area contributed by atoms with Gasteiger partial charge in [0.15, 0.2) is 0 Å². The Labute approximate surface area is 248 Å². The fraction of sp³-hybridized carbons (Fsp3) is 0.375. The minimum atomic E-state index is -1.08. The molecular formula is C32H34ClF2N3O4. The van der Waals surface area contributed by atoms with Crippen LogP contribution in [0, 0.1) is 17.6 Å². The van der Waals surface area contributed by atoms with E-state index in [2.05, 4.69) is 10.6 Å². The Morgan fingerprint density at radius 1 is 1.05 bits per heavy atom. The van der Waals surface area contributed by atoms with Gasteiger partial charge in [-0.25, -0.2) is 8.78 Å². The predicted octanol–water partition coefficient (Wildman–Crippen LogP) is 4.00. The number of amides is 2. The summed E-state index contributed by atoms with van der Waals surface area (Å²) in [6.07, 6.45) is -0.692. The highest BCUT2D eigenvalue weighted by molar-refractivity contribution is 6.30. The smallest absolute Gasteiger partial charge is 0.225 e. The Morgan fingerprint density at radius 3 is 2.48 bits per heavy atom. The fourth-order valence-electron chi connectivity index (χ4n) is 5.64. The molecule has 0 aromatic heterocycles. The number of hydrogen-bond donors (Lipinski definition) is 3. The number of aliphatic hydroxyl groups excluding tert-OH is 1. The van der Waals surface area contributed by atoms with Crippen LogP contribution in [0.4, 0.5) is 8.78 Å². The van der Waals surface area contributed by atoms with Crippen molar-refractivity contribution in [2.45, 2.75) is 56.7 Å². The summed E-state index contributed by atoms with van der Waals surface area (Å²) < 4.78 is 34.0. The first kappa shape index (κ1) is 30.1. The third kappa shape index (κ3) is 7.92. The average Bonchev–Trinajstić information content (AvgIpc) is 3.59. The summed E-state index contributed by atoms with van der Waals surface area (Å²) in [5, 5.41) is 18.2. The maximum atomic E-state index is 14.0. The molecule has 5 atom stereocenters. The molecule has 10 heteroatoms. The number of aliphatic hydroxyl groups is 1. The quantitative estimate of drug-likeness (QED) is 0.311. The second-order valence-electron chi connectivity index (χ2n) is 11.1. The van der Waals surface area contributed by atoms with Crippen molar-refractivity contribution in [3.8, 4) is 0 Å². The molecule has 0 saturated carbocycles. The molecule has 222 valence electrons. The second-order valence-corrected chi connectivity index (χ2v) is 11.5. The summed E-state index contributed by atoms with van der Waals surface area (Å²) in [4.78, 5) is 27.7. The molecule has 2 aliphatic heterocycles. The van der Waals surface area contributed by atoms with Gasteiger partial charge in [-0.05, 0) is 53.8 Å². The Balaban J connectivity index is 1.24. The minimum absolute atomic E-state index is 0.00443. The Bertz CT molecular complexity index is 1360. The molecule has 2 heterocycles. The zero-order valence-electron chi connectivity index (χ0n) is 23.0. The van der Waals surface area contributed by atoms with Crippen LogP contribution in [-0.4, -0.2) is 59.2 Å². The van der Waals surface area contributed by atoms with Crippen LogP contribution in [0.1, 0.15) is 29.5 Å². The van der Waals surface area contributed by atoms with E-state index in [1.54, 1.807) is 17.0 Å². The van der Waals surface area contributed by atoms with Crippen LogP contribution in [0.25, 0.3) is 0 Å². The lowest BCUT2D eigenvalue weighted by atomic mass is 9.94. The van der Waals surface area contributed by atoms with Gasteiger partial charge in [0.1, 0.15) is 11.6 Å². The molecular weight excluding hydrogens is 564 g/mol. The maximum absolute atomic E-state index is 14.0. The number of carbonyl (C=O) groups excluding carboxylic acids is 2. The van der Waals surface area contributed by atoms with Gasteiger partial charge in [-0.1, -0.05) is 54.1 Å². The van der Waals surface area contributed by atoms with Crippen LogP contribution >= 0.6 is 11.6 Å². The largest absolute Gasteiger partial charge is 0.389 e. The molecule has 3 N–H and O–H groups in total. The first-order chi connectivity index (χ1) is 20.2. The van der Waals surface area contributed by atoms with Gasteiger partial charge in [-0.15, -0.1) is 0 Å². The minimum Gasteiger partial charge on any atom is -0.389 e. The lowest BCUT2D eigenvalue weighted by Crippen LogP contribution is -2.53. The molecule has 0 radical (unpaired) electrons. The summed E-state index contributed by atoms with van der Waals surface area (Å²) in [6, 6.07) is 18.8. The van der Waals surface area contributed by atoms with E-state index in [1.807, 2.05) is 42.5 Å². The van der Waals surface area contributed by atoms with Gasteiger partial charge in [0.2, 0.25) is 11.8 Å². The van der Waals surface area contributed by atoms with Crippen molar-refractivity contribution in [2.24, 2.45) is 5.92 Å². The van der Waals surface area contributed by atoms with Crippen molar-refractivity contribution in [3.05, 3.63) is 106 Å². The number of ether oxygens (including phenoxy) is 1. The van der Waals surface area contributed by atoms with Crippen molar-refractivity contribution in [3.63, 3.8) is 0 Å². The topological polar surface area (TPSA) is 90.9 Å². The molecule has 7 nitrogen and oxygen atoms in total. The number of nitrogens with one attached hydrogen (secondary N) is 2. The van der Waals surface area contributed by atoms with E-state index in [0.717, 1.165) is 17.2 Å². The third-order valence-corrected chi connectivity index (χ3v) is 8.11. The first-order valence-corrected chi connectivity index (χ1v) is 14.5. The van der Waals surface area contributed by atoms with E-state index in [1.165, 1.54) is 12.1 Å². The van der Waals surface area contributed by atoms with Gasteiger partial charge in [0, 0.05) is 43.2 Å². The van der Waals surface area contributed by atoms with Gasteiger partial charge in [-0.2, -0.15) is 0 Å². The Kier molecular flexibility index (Phi) is 9.84. The average molecular weight is 598 g/mol. The number of benzene rings is 3. The Hall–Kier alpha value is -3.37. The van der Waals surface area contributed by atoms with E-state index < -0.39 is 41.6 Å². The van der Waals surface area contributed by atoms with Crippen LogP contribution < -0.4 is 10.6 Å². The highest BCUT2D eigenvalue weighted by Crippen LogP contribution is 2.24. The van der Waals surface area contributed by atoms with Crippen LogP contribution in [0.15, 0.2) is 72.8 Å². The predicted molar refractivity (Wildman–Crippen MR) is 154 cm³/mol. The van der Waals surface area contributed by atoms with Gasteiger partial charge >= 0.3 is 0 Å². The van der Waals surface area contributed by atoms with Crippen LogP contribution in [-0.2, 0) is 33.9 Å². The van der Waals surface area contributed by atoms with Gasteiger partial charge in [0.25, 0.3) is 0 Å². The normalized spacial score (nSPS) is 21.9. The van der Waals surface area contributed by atoms with Crippen molar-refractivity contribution in [1.82, 2.24) is 15.5 Å². The monoisotopic (exact) mass is 597 g/mol. The van der Waals surface area contributed by atoms with Crippen molar-refractivity contribution < 1.29 is 28.2 Å². The third-order valence-electron chi connectivity index (χ3n) is 7.86. The van der Waals surface area contributed by atoms with E-state index in [4.69, 9.17) is 16.3 Å². The Morgan fingerprint density at radius 2 is 1.76 bits per heavy atom. The SMILES string of the molecule is O=C(N[C@@H](Cc1cc(F)cc(F)c1)[C@H](O)[C@H]1C[C@@H](OCc2ccccc2)CN1)[C@H]1CC(=O)N(Cc2ccc(Cl)cc2)C1. The molecule has 2 aliphatic rings. The van der Waals surface area contributed by atoms with Gasteiger partial charge in [-0.3, -0.25) is 9.59 Å². The summed E-state index contributed by atoms with van der Waals surface area (Å²) in [5.74, 6) is -2.64. The number of hydrogen-bond acceptors (Lipinski definition) is 5. The van der Waals surface area contributed by atoms with E-state index in [-0.39, 0.29) is 31.4 Å². The standard InChI is InChI=1S/C32H34ClF2N3O4/c33-24-8-6-20(7-9-24)17-38-18-23(13-30(38)39)32(41)37-29(12-22-10-25(34)14-26(35)11-22)31(40)28-15-27(16-36-28)42-19-21-4-2-1-3-5-21/h1-11,14,23,27-29,31,36,40H,12-13,15-19H2,(H,37,41)/t23-,27+,28+,29-,31+/m0/s1. The molecule has 0 aliphatic carbocycles.